The molecule has 0 atom stereocenters. The SMILES string of the molecule is COc1ccc(N2CCN(S(=O)(=O)CCNC(=O)Cc3cccs3)CC2)cc1. The van der Waals surface area contributed by atoms with Crippen molar-refractivity contribution in [2.24, 2.45) is 0 Å². The maximum atomic E-state index is 12.6. The Balaban J connectivity index is 1.44. The van der Waals surface area contributed by atoms with Crippen LogP contribution < -0.4 is 15.0 Å². The minimum atomic E-state index is -3.38. The summed E-state index contributed by atoms with van der Waals surface area (Å²) in [6, 6.07) is 11.5. The first kappa shape index (κ1) is 20.6. The largest absolute Gasteiger partial charge is 0.497 e. The molecule has 1 N–H and O–H groups in total. The minimum absolute atomic E-state index is 0.0777. The fourth-order valence-corrected chi connectivity index (χ4v) is 5.14. The number of benzene rings is 1. The summed E-state index contributed by atoms with van der Waals surface area (Å²) >= 11 is 1.51. The van der Waals surface area contributed by atoms with Gasteiger partial charge in [0.15, 0.2) is 0 Å². The van der Waals surface area contributed by atoms with Gasteiger partial charge in [0, 0.05) is 43.3 Å². The number of anilines is 1. The second-order valence-electron chi connectivity index (χ2n) is 6.51. The summed E-state index contributed by atoms with van der Waals surface area (Å²) < 4.78 is 31.8. The second kappa shape index (κ2) is 9.40. The van der Waals surface area contributed by atoms with Crippen LogP contribution >= 0.6 is 11.3 Å². The van der Waals surface area contributed by atoms with Crippen LogP contribution in [0.4, 0.5) is 5.69 Å². The average Bonchev–Trinajstić information content (AvgIpc) is 3.21. The van der Waals surface area contributed by atoms with Gasteiger partial charge in [0.1, 0.15) is 5.75 Å². The Morgan fingerprint density at radius 3 is 2.46 bits per heavy atom. The molecule has 0 radical (unpaired) electrons. The van der Waals surface area contributed by atoms with Crippen LogP contribution in [0.5, 0.6) is 5.75 Å². The highest BCUT2D eigenvalue weighted by Gasteiger charge is 2.26. The fraction of sp³-hybridized carbons (Fsp3) is 0.421. The van der Waals surface area contributed by atoms with Crippen LogP contribution in [-0.4, -0.2) is 64.2 Å². The second-order valence-corrected chi connectivity index (χ2v) is 9.63. The zero-order chi connectivity index (χ0) is 20.0. The number of nitrogens with zero attached hydrogens (tertiary/aromatic N) is 2. The number of ether oxygens (including phenoxy) is 1. The Hall–Kier alpha value is -2.10. The summed E-state index contributed by atoms with van der Waals surface area (Å²) in [6.07, 6.45) is 0.290. The normalized spacial score (nSPS) is 15.4. The Labute approximate surface area is 170 Å². The van der Waals surface area contributed by atoms with Crippen LogP contribution in [0.1, 0.15) is 4.88 Å². The van der Waals surface area contributed by atoms with E-state index < -0.39 is 10.0 Å². The van der Waals surface area contributed by atoms with E-state index in [1.807, 2.05) is 41.8 Å². The predicted octanol–water partition coefficient (Wildman–Crippen LogP) is 1.57. The Bertz CT molecular complexity index is 859. The van der Waals surface area contributed by atoms with Gasteiger partial charge in [0.25, 0.3) is 0 Å². The lowest BCUT2D eigenvalue weighted by molar-refractivity contribution is -0.120. The molecule has 1 amide bonds. The number of rotatable bonds is 8. The van der Waals surface area contributed by atoms with Gasteiger partial charge >= 0.3 is 0 Å². The van der Waals surface area contributed by atoms with Crippen molar-refractivity contribution in [2.75, 3.05) is 50.5 Å². The van der Waals surface area contributed by atoms with Crippen LogP contribution in [0, 0.1) is 0 Å². The van der Waals surface area contributed by atoms with Crippen LogP contribution in [0.25, 0.3) is 0 Å². The van der Waals surface area contributed by atoms with Crippen molar-refractivity contribution in [3.8, 4) is 5.75 Å². The molecule has 0 spiro atoms. The first-order valence-corrected chi connectivity index (χ1v) is 11.6. The van der Waals surface area contributed by atoms with Gasteiger partial charge in [-0.1, -0.05) is 6.07 Å². The number of hydrogen-bond acceptors (Lipinski definition) is 6. The molecule has 152 valence electrons. The number of carbonyl (C=O) groups is 1. The molecule has 0 saturated carbocycles. The van der Waals surface area contributed by atoms with Crippen molar-refractivity contribution in [3.05, 3.63) is 46.7 Å². The Morgan fingerprint density at radius 2 is 1.86 bits per heavy atom. The van der Waals surface area contributed by atoms with Crippen LogP contribution in [0.2, 0.25) is 0 Å². The lowest BCUT2D eigenvalue weighted by Gasteiger charge is -2.35. The van der Waals surface area contributed by atoms with E-state index in [9.17, 15) is 13.2 Å². The fourth-order valence-electron chi connectivity index (χ4n) is 3.10. The zero-order valence-corrected chi connectivity index (χ0v) is 17.5. The van der Waals surface area contributed by atoms with E-state index in [0.29, 0.717) is 26.2 Å². The third-order valence-electron chi connectivity index (χ3n) is 4.67. The molecule has 28 heavy (non-hydrogen) atoms. The summed E-state index contributed by atoms with van der Waals surface area (Å²) in [7, 11) is -1.75. The summed E-state index contributed by atoms with van der Waals surface area (Å²) in [4.78, 5) is 15.0. The molecule has 1 aromatic heterocycles. The third-order valence-corrected chi connectivity index (χ3v) is 7.42. The average molecular weight is 424 g/mol. The number of piperazine rings is 1. The molecule has 1 aliphatic heterocycles. The summed E-state index contributed by atoms with van der Waals surface area (Å²) in [5.41, 5.74) is 1.05. The van der Waals surface area contributed by atoms with Gasteiger partial charge in [0.2, 0.25) is 15.9 Å². The lowest BCUT2D eigenvalue weighted by Crippen LogP contribution is -2.50. The van der Waals surface area contributed by atoms with Gasteiger partial charge in [-0.05, 0) is 35.7 Å². The number of methoxy groups -OCH3 is 1. The summed E-state index contributed by atoms with van der Waals surface area (Å²) in [5, 5.41) is 4.62. The van der Waals surface area contributed by atoms with Crippen molar-refractivity contribution < 1.29 is 17.9 Å². The van der Waals surface area contributed by atoms with E-state index in [2.05, 4.69) is 10.2 Å². The molecule has 1 saturated heterocycles. The molecule has 0 aliphatic carbocycles. The van der Waals surface area contributed by atoms with E-state index in [4.69, 9.17) is 4.74 Å². The van der Waals surface area contributed by atoms with Crippen LogP contribution in [0.3, 0.4) is 0 Å². The van der Waals surface area contributed by atoms with Crippen LogP contribution in [-0.2, 0) is 21.2 Å². The Kier molecular flexibility index (Phi) is 6.93. The van der Waals surface area contributed by atoms with E-state index >= 15 is 0 Å². The first-order chi connectivity index (χ1) is 13.5. The van der Waals surface area contributed by atoms with Gasteiger partial charge in [-0.3, -0.25) is 4.79 Å². The summed E-state index contributed by atoms with van der Waals surface area (Å²) in [5.74, 6) is 0.569. The smallest absolute Gasteiger partial charge is 0.225 e. The molecule has 2 aromatic rings. The number of hydrogen-bond donors (Lipinski definition) is 1. The van der Waals surface area contributed by atoms with E-state index in [1.165, 1.54) is 15.6 Å². The van der Waals surface area contributed by atoms with Gasteiger partial charge in [-0.15, -0.1) is 11.3 Å². The van der Waals surface area contributed by atoms with E-state index in [1.54, 1.807) is 7.11 Å². The third kappa shape index (κ3) is 5.46. The molecular formula is C19H25N3O4S2. The van der Waals surface area contributed by atoms with Crippen molar-refractivity contribution in [1.29, 1.82) is 0 Å². The van der Waals surface area contributed by atoms with Gasteiger partial charge in [0.05, 0.1) is 19.3 Å². The predicted molar refractivity (Wildman–Crippen MR) is 112 cm³/mol. The van der Waals surface area contributed by atoms with Crippen molar-refractivity contribution in [1.82, 2.24) is 9.62 Å². The highest BCUT2D eigenvalue weighted by molar-refractivity contribution is 7.89. The molecular weight excluding hydrogens is 398 g/mol. The number of amides is 1. The number of carbonyl (C=O) groups excluding carboxylic acids is 1. The van der Waals surface area contributed by atoms with Crippen molar-refractivity contribution >= 4 is 33.0 Å². The monoisotopic (exact) mass is 423 g/mol. The molecule has 0 bridgehead atoms. The molecule has 0 unspecified atom stereocenters. The molecule has 2 heterocycles. The molecule has 3 rings (SSSR count). The van der Waals surface area contributed by atoms with Gasteiger partial charge in [-0.2, -0.15) is 4.31 Å². The number of thiophene rings is 1. The number of sulfonamides is 1. The topological polar surface area (TPSA) is 79.0 Å². The van der Waals surface area contributed by atoms with E-state index in [0.717, 1.165) is 16.3 Å². The maximum Gasteiger partial charge on any atom is 0.225 e. The summed E-state index contributed by atoms with van der Waals surface area (Å²) in [6.45, 7) is 2.28. The standard InChI is InChI=1S/C19H25N3O4S2/c1-26-17-6-4-16(5-7-17)21-9-11-22(12-10-21)28(24,25)14-8-20-19(23)15-18-3-2-13-27-18/h2-7,13H,8-12,14-15H2,1H3,(H,20,23). The van der Waals surface area contributed by atoms with Crippen LogP contribution in [0.15, 0.2) is 41.8 Å². The van der Waals surface area contributed by atoms with Gasteiger partial charge in [-0.25, -0.2) is 8.42 Å². The minimum Gasteiger partial charge on any atom is -0.497 e. The highest BCUT2D eigenvalue weighted by atomic mass is 32.2. The maximum absolute atomic E-state index is 12.6. The molecule has 7 nitrogen and oxygen atoms in total. The first-order valence-electron chi connectivity index (χ1n) is 9.14. The van der Waals surface area contributed by atoms with Crippen molar-refractivity contribution in [3.63, 3.8) is 0 Å². The van der Waals surface area contributed by atoms with E-state index in [-0.39, 0.29) is 24.6 Å². The molecule has 9 heteroatoms. The number of nitrogens with one attached hydrogen (secondary N) is 1. The quantitative estimate of drug-likeness (QED) is 0.697. The lowest BCUT2D eigenvalue weighted by atomic mass is 10.2. The molecule has 1 aliphatic rings. The molecule has 1 aromatic carbocycles. The highest BCUT2D eigenvalue weighted by Crippen LogP contribution is 2.21. The van der Waals surface area contributed by atoms with Gasteiger partial charge < -0.3 is 15.0 Å². The Morgan fingerprint density at radius 1 is 1.14 bits per heavy atom. The van der Waals surface area contributed by atoms with Crippen molar-refractivity contribution in [2.45, 2.75) is 6.42 Å². The zero-order valence-electron chi connectivity index (χ0n) is 15.8. The molecule has 1 fully saturated rings.